The number of aryl methyl sites for hydroxylation is 3. The van der Waals surface area contributed by atoms with E-state index in [0.717, 1.165) is 40.7 Å². The van der Waals surface area contributed by atoms with Gasteiger partial charge in [-0.05, 0) is 97.9 Å². The fourth-order valence-corrected chi connectivity index (χ4v) is 7.83. The first-order valence-corrected chi connectivity index (χ1v) is 21.0. The zero-order valence-corrected chi connectivity index (χ0v) is 41.3. The number of cyclic esters (lactones) is 2. The van der Waals surface area contributed by atoms with E-state index >= 15 is 0 Å². The number of carbonyl (C=O) groups is 2. The van der Waals surface area contributed by atoms with Gasteiger partial charge < -0.3 is 39.5 Å². The maximum atomic E-state index is 12.8. The number of fused-ring (bicyclic) bond motifs is 4. The molecule has 67 heavy (non-hydrogen) atoms. The molecule has 368 valence electrons. The third-order valence-electron chi connectivity index (χ3n) is 10.4. The average molecular weight is 946 g/mol. The van der Waals surface area contributed by atoms with Crippen molar-refractivity contribution >= 4 is 36.4 Å². The Hall–Kier alpha value is -4.14. The fourth-order valence-electron chi connectivity index (χ4n) is 7.83. The molecule has 4 aliphatic heterocycles. The summed E-state index contributed by atoms with van der Waals surface area (Å²) in [6.07, 6.45) is 19.5. The molecule has 0 aliphatic carbocycles. The molecule has 0 radical (unpaired) electrons. The van der Waals surface area contributed by atoms with Crippen LogP contribution < -0.4 is 29.6 Å². The molecule has 6 rings (SSSR count). The van der Waals surface area contributed by atoms with Gasteiger partial charge in [0.15, 0.2) is 11.6 Å². The molecule has 2 aromatic carbocycles. The molecule has 0 spiro atoms. The number of benzene rings is 2. The molecule has 2 saturated heterocycles. The normalized spacial score (nSPS) is 26.4. The number of esters is 2. The first kappa shape index (κ1) is 67.1. The molecular formula is C52H76NNaO13. The van der Waals surface area contributed by atoms with E-state index in [-0.39, 0.29) is 125 Å². The Kier molecular flexibility index (Phi) is 32.6. The van der Waals surface area contributed by atoms with E-state index in [1.54, 1.807) is 0 Å². The van der Waals surface area contributed by atoms with E-state index in [1.807, 2.05) is 105 Å². The predicted octanol–water partition coefficient (Wildman–Crippen LogP) is 8.60. The SMILES string of the molecule is C.C.C.Cc1cc(C)c2c(c1)C=CC[C@@H]1OC(C)(C)O[C@@H]1C(C)/C=C\C[C@H](C)OC2=O.Cc1ccc2c(c1)C=CC[C@@H]1OC(C)(C)O[C@@H]1C(C)/C=C\C[C@H](C)OC2=O.O=C=O.O=C=O.[NH-]O.[Na+]. The van der Waals surface area contributed by atoms with E-state index in [0.29, 0.717) is 24.0 Å². The van der Waals surface area contributed by atoms with Crippen LogP contribution in [-0.2, 0) is 47.6 Å². The van der Waals surface area contributed by atoms with Crippen molar-refractivity contribution in [3.05, 3.63) is 112 Å². The van der Waals surface area contributed by atoms with Crippen molar-refractivity contribution in [3.63, 3.8) is 0 Å². The number of hydrogen-bond acceptors (Lipinski definition) is 13. The van der Waals surface area contributed by atoms with Crippen LogP contribution in [0.2, 0.25) is 0 Å². The van der Waals surface area contributed by atoms with Crippen molar-refractivity contribution in [2.75, 3.05) is 0 Å². The van der Waals surface area contributed by atoms with E-state index in [4.69, 9.17) is 58.7 Å². The third kappa shape index (κ3) is 21.8. The molecule has 0 aromatic heterocycles. The minimum atomic E-state index is -0.587. The second-order valence-electron chi connectivity index (χ2n) is 16.8. The molecule has 2 N–H and O–H groups in total. The van der Waals surface area contributed by atoms with E-state index in [9.17, 15) is 9.59 Å². The summed E-state index contributed by atoms with van der Waals surface area (Å²) in [5.74, 6) is 3.47. The number of rotatable bonds is 0. The Labute approximate surface area is 421 Å². The summed E-state index contributed by atoms with van der Waals surface area (Å²) in [5, 5.41) is 6.25. The van der Waals surface area contributed by atoms with Crippen LogP contribution in [0.15, 0.2) is 66.8 Å². The van der Waals surface area contributed by atoms with Crippen molar-refractivity contribution in [3.8, 4) is 0 Å². The van der Waals surface area contributed by atoms with Crippen molar-refractivity contribution in [2.24, 2.45) is 11.8 Å². The predicted molar refractivity (Wildman–Crippen MR) is 254 cm³/mol. The summed E-state index contributed by atoms with van der Waals surface area (Å²) in [6.45, 7) is 22.0. The molecular weight excluding hydrogens is 870 g/mol. The smallest absolute Gasteiger partial charge is 0.553 e. The van der Waals surface area contributed by atoms with Gasteiger partial charge in [0.1, 0.15) is 12.2 Å². The standard InChI is InChI=1S/C24H32O4.C23H30O4.2CO2.3CH4.H2NO.Na/c1-15-13-17(3)21-19(14-15)11-8-12-20-22(28-24(5,6)27-20)16(2)9-7-10-18(4)26-23(21)25;1-15-12-13-19-18(14-15)10-7-11-20-21(27-23(4,5)26-20)16(2)8-6-9-17(3)25-22(19)24;2*2-1-3;;;;1-2;/h7-9,11,13-14,16,18,20,22H,10,12H2,1-6H3;6-8,10,12-14,16-17,20-21H,9,11H2,1-5H3;;;3*1H4;1-2H;/q;;;;;;;-1;+1/b9-7-,11-8?;8-6-,10-7?;;;;;;;/t16?,18-,20-,22+;16?,17-,20-,21+;;;;;;;/m00......./s1. The van der Waals surface area contributed by atoms with Crippen LogP contribution in [0.25, 0.3) is 18.0 Å². The minimum Gasteiger partial charge on any atom is -0.553 e. The van der Waals surface area contributed by atoms with Crippen molar-refractivity contribution < 1.29 is 92.0 Å². The van der Waals surface area contributed by atoms with Gasteiger partial charge in [-0.15, -0.1) is 0 Å². The van der Waals surface area contributed by atoms with Crippen molar-refractivity contribution in [1.82, 2.24) is 0 Å². The number of hydrogen-bond donors (Lipinski definition) is 1. The van der Waals surface area contributed by atoms with Gasteiger partial charge in [0.25, 0.3) is 0 Å². The van der Waals surface area contributed by atoms with Crippen molar-refractivity contribution in [1.29, 1.82) is 0 Å². The molecule has 15 heteroatoms. The fraction of sp³-hybridized carbons (Fsp3) is 0.538. The van der Waals surface area contributed by atoms with Gasteiger partial charge in [0.2, 0.25) is 0 Å². The second-order valence-corrected chi connectivity index (χ2v) is 16.8. The van der Waals surface area contributed by atoms with Crippen LogP contribution in [-0.4, -0.2) is 77.6 Å². The molecule has 0 bridgehead atoms. The monoisotopic (exact) mass is 946 g/mol. The Morgan fingerprint density at radius 3 is 1.43 bits per heavy atom. The van der Waals surface area contributed by atoms with Crippen LogP contribution in [0.1, 0.15) is 152 Å². The van der Waals surface area contributed by atoms with Gasteiger partial charge in [0, 0.05) is 24.7 Å². The van der Waals surface area contributed by atoms with Crippen molar-refractivity contribution in [2.45, 2.75) is 172 Å². The second kappa shape index (κ2) is 32.6. The molecule has 4 aliphatic rings. The van der Waals surface area contributed by atoms with E-state index in [1.165, 1.54) is 0 Å². The zero-order valence-electron chi connectivity index (χ0n) is 39.3. The quantitative estimate of drug-likeness (QED) is 0.114. The maximum absolute atomic E-state index is 12.8. The minimum absolute atomic E-state index is 0. The van der Waals surface area contributed by atoms with Crippen LogP contribution >= 0.6 is 0 Å². The first-order chi connectivity index (χ1) is 29.7. The summed E-state index contributed by atoms with van der Waals surface area (Å²) in [5.41, 5.74) is 6.18. The van der Waals surface area contributed by atoms with E-state index < -0.39 is 11.6 Å². The molecule has 8 atom stereocenters. The molecule has 2 aromatic rings. The first-order valence-electron chi connectivity index (χ1n) is 21.0. The molecule has 4 heterocycles. The van der Waals surface area contributed by atoms with Gasteiger partial charge in [-0.2, -0.15) is 19.2 Å². The van der Waals surface area contributed by atoms with Gasteiger partial charge >= 0.3 is 53.8 Å². The van der Waals surface area contributed by atoms with E-state index in [2.05, 4.69) is 50.3 Å². The molecule has 2 unspecified atom stereocenters. The average Bonchev–Trinajstić information content (AvgIpc) is 3.68. The van der Waals surface area contributed by atoms with Crippen LogP contribution in [0, 0.1) is 32.6 Å². The Balaban J connectivity index is -0.00000101. The van der Waals surface area contributed by atoms with Crippen LogP contribution in [0.5, 0.6) is 0 Å². The van der Waals surface area contributed by atoms with Gasteiger partial charge in [-0.3, -0.25) is 0 Å². The number of nitrogens with one attached hydrogen (secondary N) is 1. The topological polar surface area (TPSA) is 202 Å². The summed E-state index contributed by atoms with van der Waals surface area (Å²) in [7, 11) is 0. The molecule has 2 fully saturated rings. The third-order valence-corrected chi connectivity index (χ3v) is 10.4. The molecule has 0 amide bonds. The summed E-state index contributed by atoms with van der Waals surface area (Å²) in [6, 6.07) is 9.85. The Morgan fingerprint density at radius 2 is 0.985 bits per heavy atom. The van der Waals surface area contributed by atoms with Gasteiger partial charge in [-0.1, -0.05) is 120 Å². The maximum Gasteiger partial charge on any atom is 1.00 e. The summed E-state index contributed by atoms with van der Waals surface area (Å²) < 4.78 is 36.0. The van der Waals surface area contributed by atoms with Crippen LogP contribution in [0.4, 0.5) is 0 Å². The summed E-state index contributed by atoms with van der Waals surface area (Å²) in [4.78, 5) is 57.9. The number of ether oxygens (including phenoxy) is 6. The Bertz CT molecular complexity index is 2000. The largest absolute Gasteiger partial charge is 1.00 e. The number of carbonyl (C=O) groups excluding carboxylic acids is 6. The zero-order chi connectivity index (χ0) is 47.5. The Morgan fingerprint density at radius 1 is 0.582 bits per heavy atom. The molecule has 14 nitrogen and oxygen atoms in total. The van der Waals surface area contributed by atoms with Gasteiger partial charge in [0.05, 0.1) is 35.5 Å². The van der Waals surface area contributed by atoms with Gasteiger partial charge in [-0.25, -0.2) is 9.59 Å². The molecule has 0 saturated carbocycles. The summed E-state index contributed by atoms with van der Waals surface area (Å²) >= 11 is 0. The van der Waals surface area contributed by atoms with Crippen LogP contribution in [0.3, 0.4) is 0 Å².